The van der Waals surface area contributed by atoms with Crippen molar-refractivity contribution in [2.24, 2.45) is 11.8 Å². The number of halogens is 1. The number of benzene rings is 1. The van der Waals surface area contributed by atoms with Gasteiger partial charge in [0.05, 0.1) is 37.1 Å². The monoisotopic (exact) mass is 425 g/mol. The van der Waals surface area contributed by atoms with Crippen LogP contribution in [0.3, 0.4) is 0 Å². The van der Waals surface area contributed by atoms with Crippen molar-refractivity contribution in [1.82, 2.24) is 0 Å². The fourth-order valence-corrected chi connectivity index (χ4v) is 9.08. The van der Waals surface area contributed by atoms with E-state index in [1.165, 1.54) is 41.6 Å². The van der Waals surface area contributed by atoms with Gasteiger partial charge in [0.25, 0.3) is 0 Å². The standard InChI is InChI=1S/C25H30ClN2O2/c1-14-8-18-19(9-15(14)2)27-22(29)11-20-23-17-10-21-25(18,24(23)27)5-3-6-28(21,13-26)12-16(17)4-7-30-20/h4,8-9,17,20-21,23-24H,3,5-7,10-13H2,1-2H3/q+1/t17-,20-,21-,23-,24-,25+,28?/m0/s1. The zero-order chi connectivity index (χ0) is 20.4. The second-order valence-electron chi connectivity index (χ2n) is 10.8. The van der Waals surface area contributed by atoms with Gasteiger partial charge in [0, 0.05) is 18.0 Å². The second kappa shape index (κ2) is 5.70. The lowest BCUT2D eigenvalue weighted by atomic mass is 9.49. The van der Waals surface area contributed by atoms with Crippen molar-refractivity contribution in [3.05, 3.63) is 40.5 Å². The highest BCUT2D eigenvalue weighted by Crippen LogP contribution is 2.66. The van der Waals surface area contributed by atoms with E-state index in [2.05, 4.69) is 37.0 Å². The van der Waals surface area contributed by atoms with Gasteiger partial charge in [-0.05, 0) is 60.9 Å². The molecule has 158 valence electrons. The predicted octanol–water partition coefficient (Wildman–Crippen LogP) is 3.81. The molecule has 1 unspecified atom stereocenters. The molecule has 5 heterocycles. The van der Waals surface area contributed by atoms with Gasteiger partial charge in [-0.25, -0.2) is 0 Å². The number of alkyl halides is 1. The number of rotatable bonds is 1. The normalized spacial score (nSPS) is 45.0. The predicted molar refractivity (Wildman–Crippen MR) is 117 cm³/mol. The van der Waals surface area contributed by atoms with E-state index in [1.807, 2.05) is 0 Å². The van der Waals surface area contributed by atoms with Gasteiger partial charge in [-0.15, -0.1) is 0 Å². The van der Waals surface area contributed by atoms with Crippen LogP contribution in [0, 0.1) is 25.7 Å². The number of aryl methyl sites for hydroxylation is 2. The average molecular weight is 426 g/mol. The number of anilines is 1. The molecule has 0 aromatic heterocycles. The van der Waals surface area contributed by atoms with Gasteiger partial charge in [-0.2, -0.15) is 0 Å². The number of hydrogen-bond acceptors (Lipinski definition) is 2. The first-order valence-corrected chi connectivity index (χ1v) is 12.2. The van der Waals surface area contributed by atoms with E-state index in [0.29, 0.717) is 36.9 Å². The van der Waals surface area contributed by atoms with Crippen molar-refractivity contribution in [2.45, 2.75) is 63.1 Å². The van der Waals surface area contributed by atoms with Crippen LogP contribution in [0.4, 0.5) is 5.69 Å². The highest BCUT2D eigenvalue weighted by Gasteiger charge is 2.74. The number of quaternary nitrogens is 1. The summed E-state index contributed by atoms with van der Waals surface area (Å²) in [5, 5.41) is 0. The molecule has 3 saturated heterocycles. The molecule has 4 fully saturated rings. The van der Waals surface area contributed by atoms with Gasteiger partial charge >= 0.3 is 0 Å². The van der Waals surface area contributed by atoms with E-state index in [9.17, 15) is 4.79 Å². The summed E-state index contributed by atoms with van der Waals surface area (Å²) in [6, 6.07) is 6.14. The number of carbonyl (C=O) groups is 1. The minimum absolute atomic E-state index is 0.0235. The lowest BCUT2D eigenvalue weighted by molar-refractivity contribution is -0.953. The van der Waals surface area contributed by atoms with Crippen molar-refractivity contribution in [2.75, 3.05) is 30.6 Å². The van der Waals surface area contributed by atoms with E-state index in [-0.39, 0.29) is 23.5 Å². The Bertz CT molecular complexity index is 1020. The number of carbonyl (C=O) groups excluding carboxylic acids is 1. The molecular formula is C25H30ClN2O2+. The molecule has 1 amide bonds. The highest BCUT2D eigenvalue weighted by molar-refractivity contribution is 6.17. The van der Waals surface area contributed by atoms with Crippen LogP contribution in [0.2, 0.25) is 0 Å². The van der Waals surface area contributed by atoms with Crippen molar-refractivity contribution in [3.8, 4) is 0 Å². The third-order valence-electron chi connectivity index (χ3n) is 9.88. The van der Waals surface area contributed by atoms with E-state index in [4.69, 9.17) is 16.3 Å². The maximum Gasteiger partial charge on any atom is 0.229 e. The maximum atomic E-state index is 13.6. The Kier molecular flexibility index (Phi) is 3.47. The molecule has 1 spiro atoms. The summed E-state index contributed by atoms with van der Waals surface area (Å²) in [6.45, 7) is 7.30. The van der Waals surface area contributed by atoms with Crippen LogP contribution in [-0.4, -0.2) is 54.3 Å². The number of ether oxygens (including phenoxy) is 1. The number of hydrogen-bond donors (Lipinski definition) is 0. The zero-order valence-corrected chi connectivity index (χ0v) is 18.6. The molecule has 4 nitrogen and oxygen atoms in total. The molecule has 5 heteroatoms. The summed E-state index contributed by atoms with van der Waals surface area (Å²) in [7, 11) is 0. The Morgan fingerprint density at radius 1 is 1.30 bits per heavy atom. The minimum Gasteiger partial charge on any atom is -0.373 e. The molecule has 0 radical (unpaired) electrons. The fourth-order valence-electron chi connectivity index (χ4n) is 8.71. The third kappa shape index (κ3) is 1.88. The molecule has 1 aromatic rings. The summed E-state index contributed by atoms with van der Waals surface area (Å²) in [6.07, 6.45) is 6.50. The molecule has 0 N–H and O–H groups in total. The van der Waals surface area contributed by atoms with E-state index in [0.717, 1.165) is 17.6 Å². The minimum atomic E-state index is 0.0235. The Hall–Kier alpha value is -1.36. The summed E-state index contributed by atoms with van der Waals surface area (Å²) >= 11 is 6.81. The van der Waals surface area contributed by atoms with Gasteiger partial charge < -0.3 is 14.1 Å². The first kappa shape index (κ1) is 18.2. The first-order chi connectivity index (χ1) is 14.5. The van der Waals surface area contributed by atoms with Crippen LogP contribution in [0.15, 0.2) is 23.8 Å². The molecule has 6 aliphatic rings. The van der Waals surface area contributed by atoms with Crippen LogP contribution >= 0.6 is 11.6 Å². The van der Waals surface area contributed by atoms with Gasteiger partial charge in [-0.1, -0.05) is 23.7 Å². The topological polar surface area (TPSA) is 29.5 Å². The lowest BCUT2D eigenvalue weighted by Gasteiger charge is -2.66. The van der Waals surface area contributed by atoms with Crippen molar-refractivity contribution in [1.29, 1.82) is 0 Å². The molecule has 1 aromatic carbocycles. The van der Waals surface area contributed by atoms with Crippen LogP contribution in [-0.2, 0) is 14.9 Å². The van der Waals surface area contributed by atoms with E-state index < -0.39 is 0 Å². The van der Waals surface area contributed by atoms with Crippen molar-refractivity contribution in [3.63, 3.8) is 0 Å². The third-order valence-corrected chi connectivity index (χ3v) is 10.4. The Labute approximate surface area is 183 Å². The molecule has 7 atom stereocenters. The average Bonchev–Trinajstić information content (AvgIpc) is 2.88. The van der Waals surface area contributed by atoms with Crippen LogP contribution in [0.1, 0.15) is 42.4 Å². The Morgan fingerprint density at radius 2 is 2.13 bits per heavy atom. The summed E-state index contributed by atoms with van der Waals surface area (Å²) in [5.41, 5.74) is 6.86. The zero-order valence-electron chi connectivity index (χ0n) is 17.9. The van der Waals surface area contributed by atoms with Gasteiger partial charge in [0.15, 0.2) is 6.00 Å². The quantitative estimate of drug-likeness (QED) is 0.296. The van der Waals surface area contributed by atoms with Crippen LogP contribution in [0.25, 0.3) is 0 Å². The molecule has 1 aliphatic carbocycles. The fraction of sp³-hybridized carbons (Fsp3) is 0.640. The highest BCUT2D eigenvalue weighted by atomic mass is 35.5. The van der Waals surface area contributed by atoms with Crippen LogP contribution < -0.4 is 4.90 Å². The number of piperidine rings is 3. The van der Waals surface area contributed by atoms with Gasteiger partial charge in [0.2, 0.25) is 5.91 Å². The molecule has 2 bridgehead atoms. The largest absolute Gasteiger partial charge is 0.373 e. The van der Waals surface area contributed by atoms with E-state index >= 15 is 0 Å². The van der Waals surface area contributed by atoms with Gasteiger partial charge in [0.1, 0.15) is 12.6 Å². The van der Waals surface area contributed by atoms with E-state index in [1.54, 1.807) is 5.57 Å². The van der Waals surface area contributed by atoms with Crippen molar-refractivity contribution >= 4 is 23.2 Å². The number of fused-ring (bicyclic) bond motifs is 2. The molecule has 7 rings (SSSR count). The lowest BCUT2D eigenvalue weighted by Crippen LogP contribution is -2.78. The second-order valence-corrected chi connectivity index (χ2v) is 11.1. The molecular weight excluding hydrogens is 396 g/mol. The SMILES string of the molecule is Cc1cc2c(cc1C)[C@@]13CCC[N+]4(CCl)CC5=CCO[C@H]6CC(=O)N2[C@H]1[C@H]6[C@H]5C[C@@H]34. The first-order valence-electron chi connectivity index (χ1n) is 11.7. The molecule has 30 heavy (non-hydrogen) atoms. The summed E-state index contributed by atoms with van der Waals surface area (Å²) < 4.78 is 7.38. The van der Waals surface area contributed by atoms with Crippen LogP contribution in [0.5, 0.6) is 0 Å². The molecule has 5 aliphatic heterocycles. The summed E-state index contributed by atoms with van der Waals surface area (Å²) in [4.78, 5) is 15.8. The molecule has 1 saturated carbocycles. The number of amides is 1. The maximum absolute atomic E-state index is 13.6. The number of nitrogens with zero attached hydrogens (tertiary/aromatic N) is 2. The van der Waals surface area contributed by atoms with Gasteiger partial charge in [-0.3, -0.25) is 4.79 Å². The van der Waals surface area contributed by atoms with Crippen molar-refractivity contribution < 1.29 is 14.0 Å². The Morgan fingerprint density at radius 3 is 2.97 bits per heavy atom. The Balaban J connectivity index is 1.56. The smallest absolute Gasteiger partial charge is 0.229 e. The summed E-state index contributed by atoms with van der Waals surface area (Å²) in [5.74, 6) is 1.22.